The first-order chi connectivity index (χ1) is 12.8. The van der Waals surface area contributed by atoms with Crippen LogP contribution in [0.15, 0.2) is 84.9 Å². The van der Waals surface area contributed by atoms with Crippen molar-refractivity contribution in [2.24, 2.45) is 0 Å². The Morgan fingerprint density at radius 1 is 0.654 bits per heavy atom. The van der Waals surface area contributed by atoms with Gasteiger partial charge < -0.3 is 0 Å². The fraction of sp³-hybridized carbons (Fsp3) is 0. The number of carbonyl (C=O) groups is 1. The average Bonchev–Trinajstić information content (AvgIpc) is 3.09. The first kappa shape index (κ1) is 16.4. The van der Waals surface area contributed by atoms with Crippen molar-refractivity contribution in [3.05, 3.63) is 96.3 Å². The Balaban J connectivity index is 2.02. The van der Waals surface area contributed by atoms with Crippen molar-refractivity contribution >= 4 is 17.6 Å². The van der Waals surface area contributed by atoms with E-state index in [1.165, 1.54) is 12.1 Å². The summed E-state index contributed by atoms with van der Waals surface area (Å²) in [5.41, 5.74) is 4.39. The molecule has 1 aromatic heterocycles. The minimum absolute atomic E-state index is 0.291. The van der Waals surface area contributed by atoms with E-state index in [0.29, 0.717) is 5.56 Å². The second kappa shape index (κ2) is 7.06. The van der Waals surface area contributed by atoms with Crippen molar-refractivity contribution in [2.75, 3.05) is 0 Å². The van der Waals surface area contributed by atoms with E-state index >= 15 is 0 Å². The number of halogens is 1. The van der Waals surface area contributed by atoms with Crippen LogP contribution in [0.4, 0.5) is 4.39 Å². The van der Waals surface area contributed by atoms with Gasteiger partial charge in [-0.2, -0.15) is 0 Å². The molecule has 126 valence electrons. The molecule has 0 N–H and O–H groups in total. The minimum atomic E-state index is -0.291. The van der Waals surface area contributed by atoms with Crippen LogP contribution in [0.1, 0.15) is 10.4 Å². The van der Waals surface area contributed by atoms with Crippen LogP contribution in [-0.2, 0) is 0 Å². The maximum absolute atomic E-state index is 13.4. The van der Waals surface area contributed by atoms with Gasteiger partial charge in [0.05, 0.1) is 0 Å². The molecule has 0 aliphatic carbocycles. The smallest absolute Gasteiger partial charge is 0.152 e. The molecule has 0 fully saturated rings. The van der Waals surface area contributed by atoms with Gasteiger partial charge in [-0.15, -0.1) is 11.3 Å². The normalized spacial score (nSPS) is 10.7. The van der Waals surface area contributed by atoms with E-state index in [4.69, 9.17) is 0 Å². The van der Waals surface area contributed by atoms with Gasteiger partial charge in [0.1, 0.15) is 5.82 Å². The van der Waals surface area contributed by atoms with Gasteiger partial charge >= 0.3 is 0 Å². The third-order valence-electron chi connectivity index (χ3n) is 4.27. The zero-order chi connectivity index (χ0) is 17.9. The molecule has 0 saturated carbocycles. The molecule has 0 atom stereocenters. The summed E-state index contributed by atoms with van der Waals surface area (Å²) < 4.78 is 13.4. The highest BCUT2D eigenvalue weighted by Crippen LogP contribution is 2.46. The Hall–Kier alpha value is -3.04. The number of aldehydes is 1. The quantitative estimate of drug-likeness (QED) is 0.371. The first-order valence-corrected chi connectivity index (χ1v) is 9.08. The summed E-state index contributed by atoms with van der Waals surface area (Å²) >= 11 is 1.59. The van der Waals surface area contributed by atoms with Crippen LogP contribution in [0.25, 0.3) is 32.0 Å². The highest BCUT2D eigenvalue weighted by molar-refractivity contribution is 7.20. The average molecular weight is 358 g/mol. The van der Waals surface area contributed by atoms with Crippen LogP contribution in [0, 0.1) is 5.82 Å². The standard InChI is InChI=1S/C23H15FOS/c24-19-13-11-16(12-14-19)21-20(15-25)22(17-7-3-1-4-8-17)26-23(21)18-9-5-2-6-10-18/h1-15H. The monoisotopic (exact) mass is 358 g/mol. The van der Waals surface area contributed by atoms with Gasteiger partial charge in [-0.05, 0) is 28.8 Å². The second-order valence-electron chi connectivity index (χ2n) is 5.91. The van der Waals surface area contributed by atoms with E-state index in [9.17, 15) is 9.18 Å². The number of rotatable bonds is 4. The molecule has 1 heterocycles. The van der Waals surface area contributed by atoms with Gasteiger partial charge in [-0.1, -0.05) is 72.8 Å². The molecule has 0 unspecified atom stereocenters. The highest BCUT2D eigenvalue weighted by Gasteiger charge is 2.21. The fourth-order valence-corrected chi connectivity index (χ4v) is 4.36. The van der Waals surface area contributed by atoms with Crippen molar-refractivity contribution in [3.63, 3.8) is 0 Å². The summed E-state index contributed by atoms with van der Waals surface area (Å²) in [6.45, 7) is 0. The third kappa shape index (κ3) is 2.98. The van der Waals surface area contributed by atoms with Crippen LogP contribution in [0.2, 0.25) is 0 Å². The van der Waals surface area contributed by atoms with Gasteiger partial charge in [0, 0.05) is 20.9 Å². The lowest BCUT2D eigenvalue weighted by molar-refractivity contribution is 0.112. The fourth-order valence-electron chi connectivity index (χ4n) is 3.06. The topological polar surface area (TPSA) is 17.1 Å². The SMILES string of the molecule is O=Cc1c(-c2ccccc2)sc(-c2ccccc2)c1-c1ccc(F)cc1. The molecule has 26 heavy (non-hydrogen) atoms. The Bertz CT molecular complexity index is 1040. The zero-order valence-electron chi connectivity index (χ0n) is 13.9. The van der Waals surface area contributed by atoms with Crippen molar-refractivity contribution < 1.29 is 9.18 Å². The molecule has 0 bridgehead atoms. The maximum atomic E-state index is 13.4. The van der Waals surface area contributed by atoms with Gasteiger partial charge in [-0.25, -0.2) is 4.39 Å². The lowest BCUT2D eigenvalue weighted by Gasteiger charge is -2.06. The summed E-state index contributed by atoms with van der Waals surface area (Å²) in [7, 11) is 0. The van der Waals surface area contributed by atoms with Crippen LogP contribution < -0.4 is 0 Å². The maximum Gasteiger partial charge on any atom is 0.152 e. The molecule has 0 amide bonds. The predicted octanol–water partition coefficient (Wildman–Crippen LogP) is 6.70. The lowest BCUT2D eigenvalue weighted by atomic mass is 9.96. The van der Waals surface area contributed by atoms with Crippen LogP contribution >= 0.6 is 11.3 Å². The molecular formula is C23H15FOS. The van der Waals surface area contributed by atoms with Gasteiger partial charge in [0.2, 0.25) is 0 Å². The van der Waals surface area contributed by atoms with Crippen LogP contribution in [0.3, 0.4) is 0 Å². The largest absolute Gasteiger partial charge is 0.298 e. The van der Waals surface area contributed by atoms with E-state index in [1.54, 1.807) is 23.5 Å². The molecule has 4 aromatic rings. The Morgan fingerprint density at radius 3 is 1.73 bits per heavy atom. The Labute approximate surface area is 155 Å². The summed E-state index contributed by atoms with van der Waals surface area (Å²) in [5, 5.41) is 0. The second-order valence-corrected chi connectivity index (χ2v) is 6.93. The predicted molar refractivity (Wildman–Crippen MR) is 106 cm³/mol. The first-order valence-electron chi connectivity index (χ1n) is 8.26. The molecule has 4 rings (SSSR count). The summed E-state index contributed by atoms with van der Waals surface area (Å²) in [4.78, 5) is 14.0. The zero-order valence-corrected chi connectivity index (χ0v) is 14.7. The van der Waals surface area contributed by atoms with Crippen molar-refractivity contribution in [1.82, 2.24) is 0 Å². The molecule has 0 aliphatic rings. The molecule has 0 radical (unpaired) electrons. The van der Waals surface area contributed by atoms with Crippen molar-refractivity contribution in [3.8, 4) is 32.0 Å². The van der Waals surface area contributed by atoms with Gasteiger partial charge in [0.25, 0.3) is 0 Å². The summed E-state index contributed by atoms with van der Waals surface area (Å²) in [6, 6.07) is 26.2. The van der Waals surface area contributed by atoms with Crippen molar-refractivity contribution in [1.29, 1.82) is 0 Å². The van der Waals surface area contributed by atoms with E-state index in [2.05, 4.69) is 0 Å². The van der Waals surface area contributed by atoms with E-state index in [0.717, 1.165) is 38.3 Å². The van der Waals surface area contributed by atoms with Crippen LogP contribution in [-0.4, -0.2) is 6.29 Å². The number of thiophene rings is 1. The van der Waals surface area contributed by atoms with E-state index in [1.807, 2.05) is 60.7 Å². The molecule has 3 aromatic carbocycles. The number of carbonyl (C=O) groups excluding carboxylic acids is 1. The summed E-state index contributed by atoms with van der Waals surface area (Å²) in [5.74, 6) is -0.291. The number of hydrogen-bond donors (Lipinski definition) is 0. The Morgan fingerprint density at radius 2 is 1.19 bits per heavy atom. The number of benzene rings is 3. The van der Waals surface area contributed by atoms with Gasteiger partial charge in [-0.3, -0.25) is 4.79 Å². The lowest BCUT2D eigenvalue weighted by Crippen LogP contribution is -1.88. The highest BCUT2D eigenvalue weighted by atomic mass is 32.1. The Kier molecular flexibility index (Phi) is 4.46. The number of hydrogen-bond acceptors (Lipinski definition) is 2. The minimum Gasteiger partial charge on any atom is -0.298 e. The molecule has 0 spiro atoms. The summed E-state index contributed by atoms with van der Waals surface area (Å²) in [6.07, 6.45) is 0.907. The molecule has 0 aliphatic heterocycles. The van der Waals surface area contributed by atoms with Crippen LogP contribution in [0.5, 0.6) is 0 Å². The third-order valence-corrected chi connectivity index (χ3v) is 5.57. The van der Waals surface area contributed by atoms with E-state index in [-0.39, 0.29) is 5.82 Å². The van der Waals surface area contributed by atoms with E-state index < -0.39 is 0 Å². The molecule has 0 saturated heterocycles. The molecule has 3 heteroatoms. The van der Waals surface area contributed by atoms with Crippen molar-refractivity contribution in [2.45, 2.75) is 0 Å². The molecular weight excluding hydrogens is 343 g/mol. The molecule has 1 nitrogen and oxygen atoms in total. The van der Waals surface area contributed by atoms with Gasteiger partial charge in [0.15, 0.2) is 6.29 Å².